The van der Waals surface area contributed by atoms with Gasteiger partial charge in [-0.3, -0.25) is 0 Å². The van der Waals surface area contributed by atoms with Gasteiger partial charge in [-0.15, -0.1) is 0 Å². The van der Waals surface area contributed by atoms with E-state index in [1.165, 1.54) is 0 Å². The Morgan fingerprint density at radius 1 is 1.40 bits per heavy atom. The van der Waals surface area contributed by atoms with Gasteiger partial charge in [0.25, 0.3) is 0 Å². The average molecular weight is 209 g/mol. The van der Waals surface area contributed by atoms with E-state index < -0.39 is 0 Å². The number of hydrogen-bond acceptors (Lipinski definition) is 4. The third kappa shape index (κ3) is 3.83. The molecule has 0 amide bonds. The molecule has 1 rings (SSSR count). The first kappa shape index (κ1) is 11.9. The molecule has 0 aromatic carbocycles. The third-order valence-corrected chi connectivity index (χ3v) is 2.33. The zero-order chi connectivity index (χ0) is 11.3. The van der Waals surface area contributed by atoms with Crippen LogP contribution < -0.4 is 5.32 Å². The van der Waals surface area contributed by atoms with Gasteiger partial charge in [0.05, 0.1) is 5.60 Å². The quantitative estimate of drug-likeness (QED) is 0.804. The van der Waals surface area contributed by atoms with E-state index in [9.17, 15) is 0 Å². The number of rotatable bonds is 5. The zero-order valence-corrected chi connectivity index (χ0v) is 9.87. The summed E-state index contributed by atoms with van der Waals surface area (Å²) in [7, 11) is 1.71. The van der Waals surface area contributed by atoms with Crippen LogP contribution in [0.25, 0.3) is 0 Å². The summed E-state index contributed by atoms with van der Waals surface area (Å²) in [4.78, 5) is 8.29. The topological polar surface area (TPSA) is 47.0 Å². The fourth-order valence-electron chi connectivity index (χ4n) is 1.06. The summed E-state index contributed by atoms with van der Waals surface area (Å²) in [6.45, 7) is 6.86. The number of aromatic nitrogens is 2. The molecule has 0 saturated heterocycles. The van der Waals surface area contributed by atoms with Gasteiger partial charge in [-0.2, -0.15) is 0 Å². The highest BCUT2D eigenvalue weighted by atomic mass is 16.5. The van der Waals surface area contributed by atoms with Gasteiger partial charge in [0.2, 0.25) is 0 Å². The summed E-state index contributed by atoms with van der Waals surface area (Å²) in [5.74, 6) is 0.854. The Hall–Kier alpha value is -1.16. The first-order chi connectivity index (χ1) is 7.07. The molecule has 0 atom stereocenters. The molecule has 0 aliphatic carbocycles. The van der Waals surface area contributed by atoms with E-state index in [0.29, 0.717) is 0 Å². The maximum absolute atomic E-state index is 5.31. The first-order valence-corrected chi connectivity index (χ1v) is 5.17. The largest absolute Gasteiger partial charge is 0.377 e. The van der Waals surface area contributed by atoms with Crippen molar-refractivity contribution < 1.29 is 4.74 Å². The summed E-state index contributed by atoms with van der Waals surface area (Å²) in [5.41, 5.74) is 0.861. The van der Waals surface area contributed by atoms with Crippen LogP contribution in [-0.2, 0) is 11.2 Å². The van der Waals surface area contributed by atoms with Gasteiger partial charge in [0.1, 0.15) is 12.1 Å². The molecule has 1 aromatic heterocycles. The van der Waals surface area contributed by atoms with Crippen molar-refractivity contribution in [2.45, 2.75) is 32.8 Å². The monoisotopic (exact) mass is 209 g/mol. The van der Waals surface area contributed by atoms with Gasteiger partial charge in [0.15, 0.2) is 0 Å². The molecular weight excluding hydrogens is 190 g/mol. The summed E-state index contributed by atoms with van der Waals surface area (Å²) >= 11 is 0. The van der Waals surface area contributed by atoms with Crippen molar-refractivity contribution in [2.75, 3.05) is 19.0 Å². The van der Waals surface area contributed by atoms with Crippen molar-refractivity contribution >= 4 is 5.82 Å². The Balaban J connectivity index is 2.57. The van der Waals surface area contributed by atoms with Crippen LogP contribution in [0.5, 0.6) is 0 Å². The summed E-state index contributed by atoms with van der Waals surface area (Å²) in [6.07, 6.45) is 2.51. The Kier molecular flexibility index (Phi) is 4.03. The normalized spacial score (nSPS) is 11.5. The highest BCUT2D eigenvalue weighted by Crippen LogP contribution is 2.10. The SMILES string of the molecule is CCc1cc(NCC(C)(C)OC)ncn1. The van der Waals surface area contributed by atoms with Gasteiger partial charge >= 0.3 is 0 Å². The van der Waals surface area contributed by atoms with Gasteiger partial charge in [-0.1, -0.05) is 6.92 Å². The highest BCUT2D eigenvalue weighted by Gasteiger charge is 2.15. The standard InChI is InChI=1S/C11H19N3O/c1-5-9-6-10(14-8-13-9)12-7-11(2,3)15-4/h6,8H,5,7H2,1-4H3,(H,12,13,14). The molecule has 1 heterocycles. The Labute approximate surface area is 91.1 Å². The Morgan fingerprint density at radius 2 is 2.13 bits per heavy atom. The third-order valence-electron chi connectivity index (χ3n) is 2.33. The van der Waals surface area contributed by atoms with E-state index in [4.69, 9.17) is 4.74 Å². The highest BCUT2D eigenvalue weighted by molar-refractivity contribution is 5.35. The molecular formula is C11H19N3O. The van der Waals surface area contributed by atoms with Crippen LogP contribution in [0.4, 0.5) is 5.82 Å². The van der Waals surface area contributed by atoms with E-state index >= 15 is 0 Å². The second kappa shape index (κ2) is 5.07. The predicted molar refractivity (Wildman–Crippen MR) is 61.0 cm³/mol. The van der Waals surface area contributed by atoms with E-state index in [1.54, 1.807) is 13.4 Å². The minimum Gasteiger partial charge on any atom is -0.377 e. The molecule has 0 spiro atoms. The number of nitrogens with zero attached hydrogens (tertiary/aromatic N) is 2. The van der Waals surface area contributed by atoms with Gasteiger partial charge in [0, 0.05) is 25.4 Å². The van der Waals surface area contributed by atoms with E-state index in [-0.39, 0.29) is 5.60 Å². The van der Waals surface area contributed by atoms with Crippen LogP contribution in [0.2, 0.25) is 0 Å². The fraction of sp³-hybridized carbons (Fsp3) is 0.636. The molecule has 4 nitrogen and oxygen atoms in total. The minimum absolute atomic E-state index is 0.183. The lowest BCUT2D eigenvalue weighted by Gasteiger charge is -2.23. The van der Waals surface area contributed by atoms with Gasteiger partial charge < -0.3 is 10.1 Å². The summed E-state index contributed by atoms with van der Waals surface area (Å²) in [5, 5.41) is 3.23. The molecule has 0 radical (unpaired) electrons. The Bertz CT molecular complexity index is 312. The lowest BCUT2D eigenvalue weighted by Crippen LogP contribution is -2.32. The number of hydrogen-bond donors (Lipinski definition) is 1. The predicted octanol–water partition coefficient (Wildman–Crippen LogP) is 1.88. The first-order valence-electron chi connectivity index (χ1n) is 5.17. The van der Waals surface area contributed by atoms with Crippen molar-refractivity contribution in [1.29, 1.82) is 0 Å². The Morgan fingerprint density at radius 3 is 2.73 bits per heavy atom. The van der Waals surface area contributed by atoms with Crippen LogP contribution >= 0.6 is 0 Å². The van der Waals surface area contributed by atoms with E-state index in [0.717, 1.165) is 24.5 Å². The van der Waals surface area contributed by atoms with Crippen LogP contribution in [0.1, 0.15) is 26.5 Å². The van der Waals surface area contributed by atoms with Crippen LogP contribution in [0.15, 0.2) is 12.4 Å². The van der Waals surface area contributed by atoms with Crippen molar-refractivity contribution in [3.05, 3.63) is 18.1 Å². The molecule has 1 N–H and O–H groups in total. The number of ether oxygens (including phenoxy) is 1. The zero-order valence-electron chi connectivity index (χ0n) is 9.87. The number of aryl methyl sites for hydroxylation is 1. The van der Waals surface area contributed by atoms with Crippen molar-refractivity contribution in [1.82, 2.24) is 9.97 Å². The van der Waals surface area contributed by atoms with Crippen LogP contribution in [0.3, 0.4) is 0 Å². The van der Waals surface area contributed by atoms with Crippen molar-refractivity contribution in [3.63, 3.8) is 0 Å². The molecule has 0 aliphatic rings. The smallest absolute Gasteiger partial charge is 0.129 e. The van der Waals surface area contributed by atoms with E-state index in [1.807, 2.05) is 19.9 Å². The molecule has 0 fully saturated rings. The van der Waals surface area contributed by atoms with Crippen molar-refractivity contribution in [2.24, 2.45) is 0 Å². The van der Waals surface area contributed by atoms with Gasteiger partial charge in [-0.25, -0.2) is 9.97 Å². The summed E-state index contributed by atoms with van der Waals surface area (Å²) < 4.78 is 5.31. The van der Waals surface area contributed by atoms with Crippen LogP contribution in [0, 0.1) is 0 Å². The maximum atomic E-state index is 5.31. The number of nitrogens with one attached hydrogen (secondary N) is 1. The minimum atomic E-state index is -0.183. The average Bonchev–Trinajstić information content (AvgIpc) is 2.27. The molecule has 84 valence electrons. The second-order valence-corrected chi connectivity index (χ2v) is 4.07. The number of methoxy groups -OCH3 is 1. The molecule has 1 aromatic rings. The maximum Gasteiger partial charge on any atom is 0.129 e. The second-order valence-electron chi connectivity index (χ2n) is 4.07. The molecule has 0 bridgehead atoms. The summed E-state index contributed by atoms with van der Waals surface area (Å²) in [6, 6.07) is 1.96. The molecule has 0 aliphatic heterocycles. The van der Waals surface area contributed by atoms with Crippen LogP contribution in [-0.4, -0.2) is 29.2 Å². The molecule has 15 heavy (non-hydrogen) atoms. The van der Waals surface area contributed by atoms with Crippen molar-refractivity contribution in [3.8, 4) is 0 Å². The number of anilines is 1. The van der Waals surface area contributed by atoms with Gasteiger partial charge in [-0.05, 0) is 20.3 Å². The van der Waals surface area contributed by atoms with E-state index in [2.05, 4.69) is 22.2 Å². The molecule has 0 unspecified atom stereocenters. The molecule has 4 heteroatoms. The fourth-order valence-corrected chi connectivity index (χ4v) is 1.06. The lowest BCUT2D eigenvalue weighted by atomic mass is 10.1. The molecule has 0 saturated carbocycles. The lowest BCUT2D eigenvalue weighted by molar-refractivity contribution is 0.0343.